The van der Waals surface area contributed by atoms with E-state index < -0.39 is 0 Å². The molecule has 2 atom stereocenters. The number of hydrogen-bond acceptors (Lipinski definition) is 5. The van der Waals surface area contributed by atoms with Crippen molar-refractivity contribution in [2.45, 2.75) is 12.3 Å². The maximum Gasteiger partial charge on any atom is 0.242 e. The van der Waals surface area contributed by atoms with Gasteiger partial charge in [-0.25, -0.2) is 4.98 Å². The number of rotatable bonds is 5. The SMILES string of the molecule is COc1ncnc(N(C)C)c1NC(=O)[C@@H]1C[C@@H]1c1ccccc1Cl. The van der Waals surface area contributed by atoms with Gasteiger partial charge in [0.25, 0.3) is 0 Å². The highest BCUT2D eigenvalue weighted by Crippen LogP contribution is 2.50. The summed E-state index contributed by atoms with van der Waals surface area (Å²) in [5.74, 6) is 0.917. The minimum atomic E-state index is -0.107. The Bertz CT molecular complexity index is 766. The number of carbonyl (C=O) groups is 1. The van der Waals surface area contributed by atoms with E-state index in [0.29, 0.717) is 22.4 Å². The molecule has 1 fully saturated rings. The summed E-state index contributed by atoms with van der Waals surface area (Å²) in [4.78, 5) is 22.7. The van der Waals surface area contributed by atoms with E-state index in [4.69, 9.17) is 16.3 Å². The van der Waals surface area contributed by atoms with E-state index in [-0.39, 0.29) is 17.7 Å². The van der Waals surface area contributed by atoms with Gasteiger partial charge in [0.2, 0.25) is 11.8 Å². The molecular formula is C17H19ClN4O2. The Morgan fingerprint density at radius 1 is 1.33 bits per heavy atom. The molecule has 1 aromatic heterocycles. The fourth-order valence-electron chi connectivity index (χ4n) is 2.78. The van der Waals surface area contributed by atoms with Crippen LogP contribution in [0.5, 0.6) is 5.88 Å². The number of nitrogens with one attached hydrogen (secondary N) is 1. The fraction of sp³-hybridized carbons (Fsp3) is 0.353. The molecule has 1 heterocycles. The second kappa shape index (κ2) is 6.65. The Morgan fingerprint density at radius 3 is 2.75 bits per heavy atom. The van der Waals surface area contributed by atoms with Crippen molar-refractivity contribution in [2.75, 3.05) is 31.4 Å². The highest BCUT2D eigenvalue weighted by Gasteiger charge is 2.45. The van der Waals surface area contributed by atoms with Crippen LogP contribution in [0.4, 0.5) is 11.5 Å². The number of benzene rings is 1. The minimum absolute atomic E-state index is 0.0730. The molecule has 0 saturated heterocycles. The highest BCUT2D eigenvalue weighted by molar-refractivity contribution is 6.31. The molecule has 1 saturated carbocycles. The summed E-state index contributed by atoms with van der Waals surface area (Å²) >= 11 is 6.23. The molecule has 126 valence electrons. The van der Waals surface area contributed by atoms with E-state index in [9.17, 15) is 4.79 Å². The summed E-state index contributed by atoms with van der Waals surface area (Å²) in [5.41, 5.74) is 1.50. The van der Waals surface area contributed by atoms with Gasteiger partial charge in [-0.3, -0.25) is 4.79 Å². The smallest absolute Gasteiger partial charge is 0.242 e. The zero-order chi connectivity index (χ0) is 17.3. The van der Waals surface area contributed by atoms with E-state index >= 15 is 0 Å². The number of amides is 1. The van der Waals surface area contributed by atoms with Gasteiger partial charge in [0.1, 0.15) is 12.0 Å². The number of ether oxygens (including phenoxy) is 1. The molecule has 6 nitrogen and oxygen atoms in total. The molecule has 1 aliphatic carbocycles. The molecule has 1 aromatic carbocycles. The maximum atomic E-state index is 12.6. The Kier molecular flexibility index (Phi) is 4.57. The fourth-order valence-corrected chi connectivity index (χ4v) is 3.06. The molecule has 24 heavy (non-hydrogen) atoms. The van der Waals surface area contributed by atoms with Gasteiger partial charge in [-0.15, -0.1) is 0 Å². The van der Waals surface area contributed by atoms with Crippen LogP contribution in [0.25, 0.3) is 0 Å². The third-order valence-corrected chi connectivity index (χ3v) is 4.43. The van der Waals surface area contributed by atoms with Crippen molar-refractivity contribution in [1.29, 1.82) is 0 Å². The molecule has 1 amide bonds. The summed E-state index contributed by atoms with van der Waals surface area (Å²) in [5, 5.41) is 3.62. The largest absolute Gasteiger partial charge is 0.479 e. The van der Waals surface area contributed by atoms with Gasteiger partial charge in [0.05, 0.1) is 7.11 Å². The van der Waals surface area contributed by atoms with Gasteiger partial charge in [-0.1, -0.05) is 29.8 Å². The van der Waals surface area contributed by atoms with Crippen molar-refractivity contribution in [3.63, 3.8) is 0 Å². The molecule has 0 spiro atoms. The molecule has 0 radical (unpaired) electrons. The number of anilines is 2. The predicted octanol–water partition coefficient (Wildman–Crippen LogP) is 2.95. The first-order valence-corrected chi connectivity index (χ1v) is 8.02. The first kappa shape index (κ1) is 16.5. The summed E-state index contributed by atoms with van der Waals surface area (Å²) in [6.07, 6.45) is 2.19. The molecule has 0 unspecified atom stereocenters. The first-order chi connectivity index (χ1) is 11.5. The minimum Gasteiger partial charge on any atom is -0.479 e. The van der Waals surface area contributed by atoms with Crippen LogP contribution in [0, 0.1) is 5.92 Å². The van der Waals surface area contributed by atoms with Crippen LogP contribution in [0.1, 0.15) is 17.9 Å². The van der Waals surface area contributed by atoms with Crippen molar-refractivity contribution >= 4 is 29.0 Å². The van der Waals surface area contributed by atoms with Gasteiger partial charge in [0, 0.05) is 25.0 Å². The zero-order valence-corrected chi connectivity index (χ0v) is 14.5. The lowest BCUT2D eigenvalue weighted by Crippen LogP contribution is -2.20. The standard InChI is InChI=1S/C17H19ClN4O2/c1-22(2)15-14(17(24-3)20-9-19-15)21-16(23)12-8-11(12)10-6-4-5-7-13(10)18/h4-7,9,11-12H,8H2,1-3H3,(H,21,23)/t11-,12-/m1/s1. The van der Waals surface area contributed by atoms with E-state index in [1.807, 2.05) is 38.4 Å². The lowest BCUT2D eigenvalue weighted by atomic mass is 10.1. The number of carbonyl (C=O) groups excluding carboxylic acids is 1. The second-order valence-corrected chi connectivity index (χ2v) is 6.34. The molecular weight excluding hydrogens is 328 g/mol. The van der Waals surface area contributed by atoms with Crippen molar-refractivity contribution in [3.05, 3.63) is 41.2 Å². The summed E-state index contributed by atoms with van der Waals surface area (Å²) in [7, 11) is 5.21. The van der Waals surface area contributed by atoms with Crippen molar-refractivity contribution < 1.29 is 9.53 Å². The Morgan fingerprint density at radius 2 is 2.08 bits per heavy atom. The van der Waals surface area contributed by atoms with E-state index in [0.717, 1.165) is 12.0 Å². The lowest BCUT2D eigenvalue weighted by molar-refractivity contribution is -0.117. The Labute approximate surface area is 145 Å². The van der Waals surface area contributed by atoms with Crippen LogP contribution in [0.3, 0.4) is 0 Å². The van der Waals surface area contributed by atoms with Crippen molar-refractivity contribution in [1.82, 2.24) is 9.97 Å². The zero-order valence-electron chi connectivity index (χ0n) is 13.8. The number of hydrogen-bond donors (Lipinski definition) is 1. The summed E-state index contributed by atoms with van der Waals surface area (Å²) in [6.45, 7) is 0. The Hall–Kier alpha value is -2.34. The average Bonchev–Trinajstić information content (AvgIpc) is 3.35. The third kappa shape index (κ3) is 3.14. The summed E-state index contributed by atoms with van der Waals surface area (Å²) in [6, 6.07) is 7.64. The third-order valence-electron chi connectivity index (χ3n) is 4.09. The molecule has 1 aliphatic rings. The van der Waals surface area contributed by atoms with Gasteiger partial charge >= 0.3 is 0 Å². The molecule has 7 heteroatoms. The Balaban J connectivity index is 1.79. The lowest BCUT2D eigenvalue weighted by Gasteiger charge is -2.18. The van der Waals surface area contributed by atoms with Crippen LogP contribution < -0.4 is 15.0 Å². The van der Waals surface area contributed by atoms with Crippen LogP contribution in [-0.4, -0.2) is 37.1 Å². The molecule has 1 N–H and O–H groups in total. The molecule has 0 aliphatic heterocycles. The number of nitrogens with zero attached hydrogens (tertiary/aromatic N) is 3. The predicted molar refractivity (Wildman–Crippen MR) is 93.8 cm³/mol. The monoisotopic (exact) mass is 346 g/mol. The van der Waals surface area contributed by atoms with Gasteiger partial charge in [-0.2, -0.15) is 4.98 Å². The molecule has 3 rings (SSSR count). The number of aromatic nitrogens is 2. The van der Waals surface area contributed by atoms with Crippen LogP contribution in [0.2, 0.25) is 5.02 Å². The van der Waals surface area contributed by atoms with E-state index in [1.165, 1.54) is 13.4 Å². The highest BCUT2D eigenvalue weighted by atomic mass is 35.5. The van der Waals surface area contributed by atoms with Gasteiger partial charge < -0.3 is 15.0 Å². The first-order valence-electron chi connectivity index (χ1n) is 7.64. The summed E-state index contributed by atoms with van der Waals surface area (Å²) < 4.78 is 5.25. The van der Waals surface area contributed by atoms with Crippen molar-refractivity contribution in [3.8, 4) is 5.88 Å². The molecule has 0 bridgehead atoms. The van der Waals surface area contributed by atoms with Gasteiger partial charge in [-0.05, 0) is 24.0 Å². The van der Waals surface area contributed by atoms with Crippen molar-refractivity contribution in [2.24, 2.45) is 5.92 Å². The van der Waals surface area contributed by atoms with E-state index in [1.54, 1.807) is 4.90 Å². The van der Waals surface area contributed by atoms with Gasteiger partial charge in [0.15, 0.2) is 5.82 Å². The van der Waals surface area contributed by atoms with Crippen LogP contribution >= 0.6 is 11.6 Å². The van der Waals surface area contributed by atoms with E-state index in [2.05, 4.69) is 15.3 Å². The quantitative estimate of drug-likeness (QED) is 0.901. The number of halogens is 1. The second-order valence-electron chi connectivity index (χ2n) is 5.94. The van der Waals surface area contributed by atoms with Crippen LogP contribution in [0.15, 0.2) is 30.6 Å². The van der Waals surface area contributed by atoms with Crippen LogP contribution in [-0.2, 0) is 4.79 Å². The topological polar surface area (TPSA) is 67.4 Å². The normalized spacial score (nSPS) is 18.8. The molecule has 2 aromatic rings. The average molecular weight is 347 g/mol. The number of methoxy groups -OCH3 is 1. The maximum absolute atomic E-state index is 12.6.